The Hall–Kier alpha value is -1.31. The molecule has 0 saturated carbocycles. The summed E-state index contributed by atoms with van der Waals surface area (Å²) >= 11 is 0. The van der Waals surface area contributed by atoms with Crippen LogP contribution in [0, 0.1) is 5.92 Å². The zero-order chi connectivity index (χ0) is 15.6. The van der Waals surface area contributed by atoms with Crippen molar-refractivity contribution in [3.05, 3.63) is 18.2 Å². The first-order chi connectivity index (χ1) is 9.90. The first-order valence-corrected chi connectivity index (χ1v) is 8.65. The third-order valence-electron chi connectivity index (χ3n) is 4.03. The van der Waals surface area contributed by atoms with Gasteiger partial charge >= 0.3 is 0 Å². The fraction of sp³-hybridized carbons (Fsp3) is 0.571. The predicted molar refractivity (Wildman–Crippen MR) is 83.7 cm³/mol. The number of sulfonamides is 1. The molecule has 0 radical (unpaired) electrons. The molecular formula is C14H23N3O3S. The Morgan fingerprint density at radius 1 is 1.48 bits per heavy atom. The number of aliphatic hydroxyl groups excluding tert-OH is 1. The highest BCUT2D eigenvalue weighted by Crippen LogP contribution is 2.34. The van der Waals surface area contributed by atoms with Crippen molar-refractivity contribution in [3.8, 4) is 0 Å². The number of nitrogens with two attached hydrogens (primary N) is 1. The third-order valence-corrected chi connectivity index (χ3v) is 5.57. The summed E-state index contributed by atoms with van der Waals surface area (Å²) in [5.74, 6) is 0.350. The summed E-state index contributed by atoms with van der Waals surface area (Å²) in [6, 6.07) is 4.68. The van der Waals surface area contributed by atoms with E-state index in [1.54, 1.807) is 19.1 Å². The Kier molecular flexibility index (Phi) is 4.75. The zero-order valence-corrected chi connectivity index (χ0v) is 13.2. The molecule has 2 atom stereocenters. The van der Waals surface area contributed by atoms with Crippen LogP contribution in [0.5, 0.6) is 0 Å². The highest BCUT2D eigenvalue weighted by Gasteiger charge is 2.32. The summed E-state index contributed by atoms with van der Waals surface area (Å²) in [7, 11) is -3.51. The van der Waals surface area contributed by atoms with E-state index in [1.165, 1.54) is 6.07 Å². The van der Waals surface area contributed by atoms with Crippen molar-refractivity contribution in [2.75, 3.05) is 30.3 Å². The van der Waals surface area contributed by atoms with Crippen LogP contribution in [0.1, 0.15) is 20.3 Å². The SMILES string of the molecule is CCNS(=O)(=O)c1ccc(N)c(N2CCC(C)C2CO)c1. The second kappa shape index (κ2) is 6.21. The molecule has 1 aromatic rings. The van der Waals surface area contributed by atoms with E-state index in [-0.39, 0.29) is 17.5 Å². The lowest BCUT2D eigenvalue weighted by molar-refractivity contribution is 0.245. The molecule has 0 aromatic heterocycles. The van der Waals surface area contributed by atoms with Crippen LogP contribution in [0.4, 0.5) is 11.4 Å². The van der Waals surface area contributed by atoms with Gasteiger partial charge < -0.3 is 15.7 Å². The molecule has 1 aliphatic heterocycles. The van der Waals surface area contributed by atoms with Crippen molar-refractivity contribution < 1.29 is 13.5 Å². The highest BCUT2D eigenvalue weighted by molar-refractivity contribution is 7.89. The van der Waals surface area contributed by atoms with Crippen molar-refractivity contribution in [1.82, 2.24) is 4.72 Å². The lowest BCUT2D eigenvalue weighted by Gasteiger charge is -2.28. The van der Waals surface area contributed by atoms with Crippen molar-refractivity contribution in [2.45, 2.75) is 31.2 Å². The Balaban J connectivity index is 2.41. The van der Waals surface area contributed by atoms with Gasteiger partial charge in [0, 0.05) is 13.1 Å². The van der Waals surface area contributed by atoms with Crippen LogP contribution in [0.2, 0.25) is 0 Å². The van der Waals surface area contributed by atoms with Crippen LogP contribution in [0.15, 0.2) is 23.1 Å². The molecule has 0 aliphatic carbocycles. The average Bonchev–Trinajstić information content (AvgIpc) is 2.79. The van der Waals surface area contributed by atoms with Crippen LogP contribution in [0.3, 0.4) is 0 Å². The fourth-order valence-electron chi connectivity index (χ4n) is 2.80. The van der Waals surface area contributed by atoms with Gasteiger partial charge in [-0.05, 0) is 30.5 Å². The van der Waals surface area contributed by atoms with Gasteiger partial charge in [-0.15, -0.1) is 0 Å². The van der Waals surface area contributed by atoms with Gasteiger partial charge in [0.05, 0.1) is 28.9 Å². The topological polar surface area (TPSA) is 95.7 Å². The summed E-state index contributed by atoms with van der Waals surface area (Å²) in [6.45, 7) is 4.95. The van der Waals surface area contributed by atoms with Crippen LogP contribution in [0.25, 0.3) is 0 Å². The van der Waals surface area contributed by atoms with Crippen molar-refractivity contribution in [3.63, 3.8) is 0 Å². The maximum atomic E-state index is 12.1. The Morgan fingerprint density at radius 3 is 2.81 bits per heavy atom. The van der Waals surface area contributed by atoms with E-state index in [9.17, 15) is 13.5 Å². The first-order valence-electron chi connectivity index (χ1n) is 7.17. The second-order valence-corrected chi connectivity index (χ2v) is 7.20. The van der Waals surface area contributed by atoms with Crippen molar-refractivity contribution >= 4 is 21.4 Å². The number of rotatable bonds is 5. The summed E-state index contributed by atoms with van der Waals surface area (Å²) in [6.07, 6.45) is 0.953. The molecule has 4 N–H and O–H groups in total. The largest absolute Gasteiger partial charge is 0.397 e. The van der Waals surface area contributed by atoms with Gasteiger partial charge in [-0.3, -0.25) is 0 Å². The number of nitrogens with one attached hydrogen (secondary N) is 1. The number of aliphatic hydroxyl groups is 1. The van der Waals surface area contributed by atoms with Gasteiger partial charge in [0.1, 0.15) is 0 Å². The van der Waals surface area contributed by atoms with E-state index in [4.69, 9.17) is 5.73 Å². The molecule has 118 valence electrons. The van der Waals surface area contributed by atoms with E-state index in [2.05, 4.69) is 11.6 Å². The normalized spacial score (nSPS) is 22.7. The Labute approximate surface area is 126 Å². The minimum Gasteiger partial charge on any atom is -0.397 e. The van der Waals surface area contributed by atoms with E-state index in [0.29, 0.717) is 23.8 Å². The zero-order valence-electron chi connectivity index (χ0n) is 12.4. The summed E-state index contributed by atoms with van der Waals surface area (Å²) in [5.41, 5.74) is 7.21. The number of hydrogen-bond donors (Lipinski definition) is 3. The predicted octanol–water partition coefficient (Wildman–Crippen LogP) is 0.774. The highest BCUT2D eigenvalue weighted by atomic mass is 32.2. The average molecular weight is 313 g/mol. The standard InChI is InChI=1S/C14H23N3O3S/c1-3-16-21(19,20)11-4-5-12(15)13(8-11)17-7-6-10(2)14(17)9-18/h4-5,8,10,14,16,18H,3,6-7,9,15H2,1-2H3. The van der Waals surface area contributed by atoms with Gasteiger partial charge in [-0.25, -0.2) is 13.1 Å². The summed E-state index contributed by atoms with van der Waals surface area (Å²) in [5, 5.41) is 9.56. The molecule has 0 bridgehead atoms. The van der Waals surface area contributed by atoms with E-state index >= 15 is 0 Å². The summed E-state index contributed by atoms with van der Waals surface area (Å²) < 4.78 is 26.7. The van der Waals surface area contributed by atoms with E-state index in [0.717, 1.165) is 13.0 Å². The van der Waals surface area contributed by atoms with Gasteiger partial charge in [-0.2, -0.15) is 0 Å². The monoisotopic (exact) mass is 313 g/mol. The van der Waals surface area contributed by atoms with Crippen molar-refractivity contribution in [1.29, 1.82) is 0 Å². The van der Waals surface area contributed by atoms with E-state index in [1.807, 2.05) is 4.90 Å². The molecular weight excluding hydrogens is 290 g/mol. The smallest absolute Gasteiger partial charge is 0.240 e. The quantitative estimate of drug-likeness (QED) is 0.698. The van der Waals surface area contributed by atoms with Crippen LogP contribution in [-0.4, -0.2) is 39.3 Å². The second-order valence-electron chi connectivity index (χ2n) is 5.43. The number of anilines is 2. The van der Waals surface area contributed by atoms with Crippen molar-refractivity contribution in [2.24, 2.45) is 5.92 Å². The molecule has 21 heavy (non-hydrogen) atoms. The van der Waals surface area contributed by atoms with Gasteiger partial charge in [0.15, 0.2) is 0 Å². The molecule has 7 heteroatoms. The minimum absolute atomic E-state index is 0.0237. The van der Waals surface area contributed by atoms with Crippen LogP contribution in [-0.2, 0) is 10.0 Å². The molecule has 6 nitrogen and oxygen atoms in total. The number of nitrogen functional groups attached to an aromatic ring is 1. The Morgan fingerprint density at radius 2 is 2.19 bits per heavy atom. The number of nitrogens with zero attached hydrogens (tertiary/aromatic N) is 1. The van der Waals surface area contributed by atoms with Crippen LogP contribution < -0.4 is 15.4 Å². The van der Waals surface area contributed by atoms with Gasteiger partial charge in [0.25, 0.3) is 0 Å². The first kappa shape index (κ1) is 16.1. The number of benzene rings is 1. The maximum Gasteiger partial charge on any atom is 0.240 e. The lowest BCUT2D eigenvalue weighted by Crippen LogP contribution is -2.35. The third kappa shape index (κ3) is 3.14. The summed E-state index contributed by atoms with van der Waals surface area (Å²) in [4.78, 5) is 2.20. The molecule has 2 unspecified atom stereocenters. The Bertz CT molecular complexity index is 603. The van der Waals surface area contributed by atoms with Gasteiger partial charge in [-0.1, -0.05) is 13.8 Å². The molecule has 0 spiro atoms. The molecule has 0 amide bonds. The van der Waals surface area contributed by atoms with Crippen LogP contribution >= 0.6 is 0 Å². The maximum absolute atomic E-state index is 12.1. The van der Waals surface area contributed by atoms with Gasteiger partial charge in [0.2, 0.25) is 10.0 Å². The fourth-order valence-corrected chi connectivity index (χ4v) is 3.86. The molecule has 1 aromatic carbocycles. The molecule has 1 fully saturated rings. The molecule has 1 saturated heterocycles. The molecule has 2 rings (SSSR count). The molecule has 1 aliphatic rings. The number of hydrogen-bond acceptors (Lipinski definition) is 5. The van der Waals surface area contributed by atoms with E-state index < -0.39 is 10.0 Å². The minimum atomic E-state index is -3.51. The lowest BCUT2D eigenvalue weighted by atomic mass is 10.0. The molecule has 1 heterocycles.